The number of nitrogens with one attached hydrogen (secondary N) is 1. The van der Waals surface area contributed by atoms with E-state index in [9.17, 15) is 14.9 Å². The number of nitro benzene ring substituents is 1. The lowest BCUT2D eigenvalue weighted by Gasteiger charge is -2.21. The molecular formula is C33H31N5O5S. The van der Waals surface area contributed by atoms with Crippen molar-refractivity contribution in [3.05, 3.63) is 135 Å². The van der Waals surface area contributed by atoms with Gasteiger partial charge in [-0.2, -0.15) is 0 Å². The van der Waals surface area contributed by atoms with E-state index < -0.39 is 11.0 Å². The average molecular weight is 610 g/mol. The van der Waals surface area contributed by atoms with Crippen LogP contribution in [0.25, 0.3) is 5.69 Å². The van der Waals surface area contributed by atoms with Gasteiger partial charge in [-0.25, -0.2) is 0 Å². The zero-order chi connectivity index (χ0) is 31.1. The molecule has 0 radical (unpaired) electrons. The van der Waals surface area contributed by atoms with Crippen LogP contribution in [0.4, 0.5) is 5.69 Å². The number of ether oxygens (including phenoxy) is 2. The Hall–Kier alpha value is -5.16. The number of rotatable bonds is 12. The Morgan fingerprint density at radius 2 is 1.68 bits per heavy atom. The first-order chi connectivity index (χ1) is 21.4. The molecule has 224 valence electrons. The highest BCUT2D eigenvalue weighted by molar-refractivity contribution is 7.98. The van der Waals surface area contributed by atoms with Gasteiger partial charge in [0.05, 0.1) is 30.7 Å². The summed E-state index contributed by atoms with van der Waals surface area (Å²) >= 11 is 1.49. The van der Waals surface area contributed by atoms with Crippen molar-refractivity contribution < 1.29 is 19.2 Å². The maximum absolute atomic E-state index is 13.7. The maximum Gasteiger partial charge on any atom is 0.269 e. The van der Waals surface area contributed by atoms with E-state index in [0.717, 1.165) is 16.7 Å². The quantitative estimate of drug-likeness (QED) is 0.0966. The third-order valence-corrected chi connectivity index (χ3v) is 7.98. The lowest BCUT2D eigenvalue weighted by Crippen LogP contribution is -2.32. The minimum absolute atomic E-state index is 0.0296. The van der Waals surface area contributed by atoms with Crippen molar-refractivity contribution in [2.75, 3.05) is 14.2 Å². The highest BCUT2D eigenvalue weighted by Gasteiger charge is 2.27. The fraction of sp³-hybridized carbons (Fsp3) is 0.182. The van der Waals surface area contributed by atoms with Crippen molar-refractivity contribution in [2.45, 2.75) is 30.3 Å². The number of aromatic nitrogens is 3. The van der Waals surface area contributed by atoms with Gasteiger partial charge in [-0.1, -0.05) is 71.9 Å². The van der Waals surface area contributed by atoms with Crippen molar-refractivity contribution in [2.24, 2.45) is 0 Å². The Labute approximate surface area is 259 Å². The average Bonchev–Trinajstić information content (AvgIpc) is 3.47. The van der Waals surface area contributed by atoms with Crippen LogP contribution in [0.1, 0.15) is 38.9 Å². The predicted octanol–water partition coefficient (Wildman–Crippen LogP) is 6.51. The number of amides is 1. The lowest BCUT2D eigenvalue weighted by atomic mass is 10.0. The van der Waals surface area contributed by atoms with E-state index in [4.69, 9.17) is 9.47 Å². The lowest BCUT2D eigenvalue weighted by molar-refractivity contribution is -0.384. The van der Waals surface area contributed by atoms with E-state index in [2.05, 4.69) is 21.6 Å². The summed E-state index contributed by atoms with van der Waals surface area (Å²) in [5.74, 6) is 1.68. The Morgan fingerprint density at radius 3 is 2.36 bits per heavy atom. The summed E-state index contributed by atoms with van der Waals surface area (Å²) in [5, 5.41) is 24.2. The van der Waals surface area contributed by atoms with Crippen molar-refractivity contribution in [1.29, 1.82) is 0 Å². The Morgan fingerprint density at radius 1 is 0.932 bits per heavy atom. The zero-order valence-corrected chi connectivity index (χ0v) is 25.3. The maximum atomic E-state index is 13.7. The van der Waals surface area contributed by atoms with Gasteiger partial charge in [0.25, 0.3) is 11.6 Å². The fourth-order valence-electron chi connectivity index (χ4n) is 4.80. The Balaban J connectivity index is 1.57. The molecule has 1 atom stereocenters. The van der Waals surface area contributed by atoms with E-state index in [-0.39, 0.29) is 11.6 Å². The summed E-state index contributed by atoms with van der Waals surface area (Å²) in [6, 6.07) is 28.6. The molecule has 10 nitrogen and oxygen atoms in total. The smallest absolute Gasteiger partial charge is 0.269 e. The summed E-state index contributed by atoms with van der Waals surface area (Å²) in [5.41, 5.74) is 4.19. The predicted molar refractivity (Wildman–Crippen MR) is 169 cm³/mol. The molecule has 1 aromatic heterocycles. The van der Waals surface area contributed by atoms with E-state index >= 15 is 0 Å². The zero-order valence-electron chi connectivity index (χ0n) is 24.5. The Kier molecular flexibility index (Phi) is 9.56. The summed E-state index contributed by atoms with van der Waals surface area (Å²) in [7, 11) is 3.04. The second-order valence-electron chi connectivity index (χ2n) is 10.0. The van der Waals surface area contributed by atoms with Crippen LogP contribution < -0.4 is 14.8 Å². The molecule has 4 aromatic carbocycles. The number of methoxy groups -OCH3 is 2. The molecule has 1 unspecified atom stereocenters. The molecule has 1 heterocycles. The van der Waals surface area contributed by atoms with Crippen LogP contribution in [-0.4, -0.2) is 39.8 Å². The van der Waals surface area contributed by atoms with Gasteiger partial charge in [-0.05, 0) is 48.7 Å². The highest BCUT2D eigenvalue weighted by atomic mass is 32.2. The number of hydrogen-bond acceptors (Lipinski definition) is 8. The molecule has 0 saturated carbocycles. The first kappa shape index (κ1) is 30.3. The number of nitrogens with zero attached hydrogens (tertiary/aromatic N) is 4. The molecule has 5 rings (SSSR count). The van der Waals surface area contributed by atoms with Gasteiger partial charge >= 0.3 is 0 Å². The summed E-state index contributed by atoms with van der Waals surface area (Å²) in [6.45, 7) is 2.04. The van der Waals surface area contributed by atoms with Gasteiger partial charge in [0.1, 0.15) is 11.5 Å². The number of non-ortho nitro benzene ring substituents is 1. The van der Waals surface area contributed by atoms with Crippen LogP contribution in [0.3, 0.4) is 0 Å². The molecule has 0 fully saturated rings. The number of hydrogen-bond donors (Lipinski definition) is 1. The molecule has 1 N–H and O–H groups in total. The van der Waals surface area contributed by atoms with Gasteiger partial charge in [-0.3, -0.25) is 19.5 Å². The topological polar surface area (TPSA) is 121 Å². The first-order valence-electron chi connectivity index (χ1n) is 13.8. The van der Waals surface area contributed by atoms with Gasteiger partial charge < -0.3 is 14.8 Å². The van der Waals surface area contributed by atoms with Crippen LogP contribution in [0.15, 0.2) is 102 Å². The van der Waals surface area contributed by atoms with Crippen LogP contribution >= 0.6 is 11.8 Å². The van der Waals surface area contributed by atoms with Gasteiger partial charge in [-0.15, -0.1) is 10.2 Å². The third-order valence-electron chi connectivity index (χ3n) is 6.98. The molecule has 0 aliphatic rings. The first-order valence-corrected chi connectivity index (χ1v) is 14.8. The molecule has 44 heavy (non-hydrogen) atoms. The minimum Gasteiger partial charge on any atom is -0.497 e. The van der Waals surface area contributed by atoms with E-state index in [1.54, 1.807) is 37.4 Å². The van der Waals surface area contributed by atoms with Crippen molar-refractivity contribution >= 4 is 23.4 Å². The van der Waals surface area contributed by atoms with E-state index in [1.807, 2.05) is 60.0 Å². The molecular weight excluding hydrogens is 578 g/mol. The second-order valence-corrected chi connectivity index (χ2v) is 11.0. The highest BCUT2D eigenvalue weighted by Crippen LogP contribution is 2.31. The van der Waals surface area contributed by atoms with Gasteiger partial charge in [0.15, 0.2) is 11.0 Å². The number of nitro groups is 1. The van der Waals surface area contributed by atoms with Gasteiger partial charge in [0.2, 0.25) is 0 Å². The normalized spacial score (nSPS) is 11.5. The van der Waals surface area contributed by atoms with Crippen LogP contribution in [0.5, 0.6) is 11.5 Å². The number of carbonyl (C=O) groups is 1. The SMILES string of the molecule is COc1ccc(C(=O)NC(Cc2ccccc2)c2nnc(SCc3cccc(C)c3)n2-c2ccc([N+](=O)[O-])cc2)c(OC)c1. The summed E-state index contributed by atoms with van der Waals surface area (Å²) in [4.78, 5) is 24.7. The molecule has 5 aromatic rings. The number of carbonyl (C=O) groups excluding carboxylic acids is 1. The van der Waals surface area contributed by atoms with Crippen LogP contribution in [0, 0.1) is 17.0 Å². The molecule has 0 aliphatic carbocycles. The largest absolute Gasteiger partial charge is 0.497 e. The molecule has 0 spiro atoms. The van der Waals surface area contributed by atoms with Crippen LogP contribution in [-0.2, 0) is 12.2 Å². The molecule has 0 aliphatic heterocycles. The molecule has 0 saturated heterocycles. The number of thioether (sulfide) groups is 1. The third kappa shape index (κ3) is 7.07. The summed E-state index contributed by atoms with van der Waals surface area (Å²) < 4.78 is 12.6. The standard InChI is InChI=1S/C33H31N5O5S/c1-22-8-7-11-24(18-22)21-44-33-36-35-31(37(33)25-12-14-26(15-13-25)38(40)41)29(19-23-9-5-4-6-10-23)34-32(39)28-17-16-27(42-2)20-30(28)43-3/h4-18,20,29H,19,21H2,1-3H3,(H,34,39). The second kappa shape index (κ2) is 13.9. The molecule has 11 heteroatoms. The fourth-order valence-corrected chi connectivity index (χ4v) is 5.70. The Bertz CT molecular complexity index is 1760. The van der Waals surface area contributed by atoms with Crippen molar-refractivity contribution in [3.8, 4) is 17.2 Å². The summed E-state index contributed by atoms with van der Waals surface area (Å²) in [6.07, 6.45) is 0.415. The number of aryl methyl sites for hydroxylation is 1. The van der Waals surface area contributed by atoms with E-state index in [0.29, 0.717) is 45.9 Å². The molecule has 1 amide bonds. The molecule has 0 bridgehead atoms. The monoisotopic (exact) mass is 609 g/mol. The van der Waals surface area contributed by atoms with Crippen molar-refractivity contribution in [1.82, 2.24) is 20.1 Å². The van der Waals surface area contributed by atoms with Gasteiger partial charge in [0, 0.05) is 29.6 Å². The minimum atomic E-state index is -0.618. The van der Waals surface area contributed by atoms with Crippen LogP contribution in [0.2, 0.25) is 0 Å². The van der Waals surface area contributed by atoms with Crippen molar-refractivity contribution in [3.63, 3.8) is 0 Å². The number of benzene rings is 4. The van der Waals surface area contributed by atoms with E-state index in [1.165, 1.54) is 31.0 Å².